The van der Waals surface area contributed by atoms with Crippen LogP contribution in [0, 0.1) is 13.8 Å². The van der Waals surface area contributed by atoms with Gasteiger partial charge in [0.05, 0.1) is 18.5 Å². The molecule has 146 valence electrons. The van der Waals surface area contributed by atoms with Crippen molar-refractivity contribution < 1.29 is 14.3 Å². The lowest BCUT2D eigenvalue weighted by atomic mass is 10.2. The Morgan fingerprint density at radius 1 is 1.32 bits per heavy atom. The van der Waals surface area contributed by atoms with Gasteiger partial charge in [0.2, 0.25) is 11.8 Å². The smallest absolute Gasteiger partial charge is 0.240 e. The van der Waals surface area contributed by atoms with Gasteiger partial charge in [-0.25, -0.2) is 4.99 Å². The van der Waals surface area contributed by atoms with Gasteiger partial charge in [-0.2, -0.15) is 0 Å². The van der Waals surface area contributed by atoms with Crippen molar-refractivity contribution in [1.82, 2.24) is 5.32 Å². The average molecular weight is 418 g/mol. The maximum atomic E-state index is 12.5. The molecular weight excluding hydrogens is 398 g/mol. The first-order valence-electron chi connectivity index (χ1n) is 8.62. The summed E-state index contributed by atoms with van der Waals surface area (Å²) < 4.78 is 5.26. The maximum Gasteiger partial charge on any atom is 0.240 e. The predicted molar refractivity (Wildman–Crippen MR) is 114 cm³/mol. The van der Waals surface area contributed by atoms with Crippen molar-refractivity contribution in [1.29, 1.82) is 0 Å². The molecule has 0 saturated carbocycles. The first-order valence-corrected chi connectivity index (χ1v) is 9.88. The van der Waals surface area contributed by atoms with Gasteiger partial charge in [0.15, 0.2) is 5.17 Å². The highest BCUT2D eigenvalue weighted by Gasteiger charge is 2.32. The van der Waals surface area contributed by atoms with Crippen molar-refractivity contribution in [2.45, 2.75) is 25.5 Å². The molecule has 1 aliphatic rings. The van der Waals surface area contributed by atoms with E-state index in [-0.39, 0.29) is 18.2 Å². The van der Waals surface area contributed by atoms with E-state index in [1.54, 1.807) is 12.1 Å². The molecule has 3 rings (SSSR count). The number of hydrogen-bond acceptors (Lipinski definition) is 5. The van der Waals surface area contributed by atoms with Crippen molar-refractivity contribution in [3.05, 3.63) is 52.5 Å². The number of anilines is 1. The fourth-order valence-electron chi connectivity index (χ4n) is 2.71. The number of halogens is 1. The van der Waals surface area contributed by atoms with Crippen LogP contribution in [0.2, 0.25) is 5.02 Å². The number of hydrogen-bond donors (Lipinski definition) is 2. The van der Waals surface area contributed by atoms with Gasteiger partial charge in [0, 0.05) is 17.5 Å². The van der Waals surface area contributed by atoms with Crippen LogP contribution in [0.25, 0.3) is 0 Å². The Hall–Kier alpha value is -2.51. The van der Waals surface area contributed by atoms with E-state index in [1.807, 2.05) is 38.1 Å². The molecule has 0 unspecified atom stereocenters. The highest BCUT2D eigenvalue weighted by atomic mass is 35.5. The molecule has 1 aliphatic heterocycles. The van der Waals surface area contributed by atoms with Gasteiger partial charge in [-0.3, -0.25) is 9.59 Å². The van der Waals surface area contributed by atoms with Crippen LogP contribution in [-0.2, 0) is 9.59 Å². The second kappa shape index (κ2) is 8.67. The molecule has 1 heterocycles. The van der Waals surface area contributed by atoms with Gasteiger partial charge in [-0.05, 0) is 43.2 Å². The summed E-state index contributed by atoms with van der Waals surface area (Å²) in [5.41, 5.74) is 3.18. The summed E-state index contributed by atoms with van der Waals surface area (Å²) in [5.74, 6) is -0.0514. The molecule has 8 heteroatoms. The number of benzene rings is 2. The van der Waals surface area contributed by atoms with Gasteiger partial charge in [-0.15, -0.1) is 0 Å². The zero-order chi connectivity index (χ0) is 20.3. The number of aryl methyl sites for hydroxylation is 2. The minimum Gasteiger partial charge on any atom is -0.495 e. The molecule has 2 N–H and O–H groups in total. The number of amides is 2. The highest BCUT2D eigenvalue weighted by molar-refractivity contribution is 8.15. The van der Waals surface area contributed by atoms with Crippen molar-refractivity contribution in [2.24, 2.45) is 4.99 Å². The molecule has 6 nitrogen and oxygen atoms in total. The van der Waals surface area contributed by atoms with Crippen LogP contribution in [0.3, 0.4) is 0 Å². The van der Waals surface area contributed by atoms with Crippen molar-refractivity contribution in [3.8, 4) is 5.75 Å². The lowest BCUT2D eigenvalue weighted by Gasteiger charge is -2.13. The summed E-state index contributed by atoms with van der Waals surface area (Å²) in [5, 5.41) is 6.03. The summed E-state index contributed by atoms with van der Waals surface area (Å²) in [4.78, 5) is 29.1. The van der Waals surface area contributed by atoms with Gasteiger partial charge >= 0.3 is 0 Å². The summed E-state index contributed by atoms with van der Waals surface area (Å²) in [7, 11) is 1.50. The number of ether oxygens (including phenoxy) is 1. The number of thioether (sulfide) groups is 1. The van der Waals surface area contributed by atoms with Crippen LogP contribution in [0.4, 0.5) is 11.4 Å². The summed E-state index contributed by atoms with van der Waals surface area (Å²) in [6, 6.07) is 11.1. The van der Waals surface area contributed by atoms with Gasteiger partial charge in [-0.1, -0.05) is 35.5 Å². The number of carbonyl (C=O) groups is 2. The van der Waals surface area contributed by atoms with Crippen LogP contribution in [-0.4, -0.2) is 29.3 Å². The Balaban J connectivity index is 1.66. The maximum absolute atomic E-state index is 12.5. The van der Waals surface area contributed by atoms with E-state index in [4.69, 9.17) is 16.3 Å². The van der Waals surface area contributed by atoms with E-state index in [1.165, 1.54) is 18.9 Å². The third-order valence-corrected chi connectivity index (χ3v) is 5.62. The Kier molecular flexibility index (Phi) is 6.26. The minimum atomic E-state index is -0.539. The van der Waals surface area contributed by atoms with Crippen LogP contribution >= 0.6 is 23.4 Å². The van der Waals surface area contributed by atoms with E-state index in [9.17, 15) is 9.59 Å². The number of aliphatic imine (C=N–C) groups is 1. The summed E-state index contributed by atoms with van der Waals surface area (Å²) >= 11 is 7.34. The fraction of sp³-hybridized carbons (Fsp3) is 0.250. The summed E-state index contributed by atoms with van der Waals surface area (Å²) in [6.45, 7) is 3.82. The van der Waals surface area contributed by atoms with Crippen LogP contribution in [0.1, 0.15) is 17.5 Å². The van der Waals surface area contributed by atoms with Gasteiger partial charge in [0.1, 0.15) is 11.0 Å². The SMILES string of the molecule is COc1cc(Cl)c(C)cc1NC(=O)C[C@@H]1SC(=Nc2cccc(C)c2)NC1=O. The first-order chi connectivity index (χ1) is 13.4. The molecule has 2 amide bonds. The number of nitrogens with zero attached hydrogens (tertiary/aromatic N) is 1. The Bertz CT molecular complexity index is 962. The molecular formula is C20H20ClN3O3S. The van der Waals surface area contributed by atoms with E-state index in [2.05, 4.69) is 15.6 Å². The molecule has 1 atom stereocenters. The van der Waals surface area contributed by atoms with Crippen molar-refractivity contribution in [2.75, 3.05) is 12.4 Å². The van der Waals surface area contributed by atoms with Crippen molar-refractivity contribution in [3.63, 3.8) is 0 Å². The molecule has 2 aromatic carbocycles. The van der Waals surface area contributed by atoms with E-state index in [0.29, 0.717) is 21.6 Å². The molecule has 2 aromatic rings. The predicted octanol–water partition coefficient (Wildman–Crippen LogP) is 4.21. The topological polar surface area (TPSA) is 79.8 Å². The average Bonchev–Trinajstić information content (AvgIpc) is 2.96. The Labute approximate surface area is 172 Å². The van der Waals surface area contributed by atoms with Crippen LogP contribution in [0.15, 0.2) is 41.4 Å². The second-order valence-corrected chi connectivity index (χ2v) is 8.00. The molecule has 1 fully saturated rings. The molecule has 28 heavy (non-hydrogen) atoms. The molecule has 0 radical (unpaired) electrons. The number of methoxy groups -OCH3 is 1. The van der Waals surface area contributed by atoms with E-state index in [0.717, 1.165) is 16.8 Å². The third kappa shape index (κ3) is 4.85. The third-order valence-electron chi connectivity index (χ3n) is 4.13. The summed E-state index contributed by atoms with van der Waals surface area (Å²) in [6.07, 6.45) is 0.0220. The lowest BCUT2D eigenvalue weighted by molar-refractivity contribution is -0.122. The Morgan fingerprint density at radius 3 is 2.82 bits per heavy atom. The lowest BCUT2D eigenvalue weighted by Crippen LogP contribution is -2.28. The Morgan fingerprint density at radius 2 is 2.11 bits per heavy atom. The molecule has 0 bridgehead atoms. The molecule has 0 aromatic heterocycles. The standard InChI is InChI=1S/C20H20ClN3O3S/c1-11-5-4-6-13(7-11)22-20-24-19(26)17(28-20)10-18(25)23-15-8-12(2)14(21)9-16(15)27-3/h4-9,17H,10H2,1-3H3,(H,23,25)(H,22,24,26)/t17-/m0/s1. The number of nitrogens with one attached hydrogen (secondary N) is 2. The molecule has 0 spiro atoms. The fourth-order valence-corrected chi connectivity index (χ4v) is 3.85. The normalized spacial score (nSPS) is 17.5. The van der Waals surface area contributed by atoms with Gasteiger partial charge in [0.25, 0.3) is 0 Å². The van der Waals surface area contributed by atoms with E-state index >= 15 is 0 Å². The van der Waals surface area contributed by atoms with Crippen LogP contribution in [0.5, 0.6) is 5.75 Å². The van der Waals surface area contributed by atoms with E-state index < -0.39 is 5.25 Å². The molecule has 0 aliphatic carbocycles. The van der Waals surface area contributed by atoms with Crippen LogP contribution < -0.4 is 15.4 Å². The zero-order valence-electron chi connectivity index (χ0n) is 15.7. The quantitative estimate of drug-likeness (QED) is 0.763. The molecule has 1 saturated heterocycles. The number of amidine groups is 1. The monoisotopic (exact) mass is 417 g/mol. The largest absolute Gasteiger partial charge is 0.495 e. The first kappa shape index (κ1) is 20.2. The zero-order valence-corrected chi connectivity index (χ0v) is 17.3. The number of rotatable bonds is 5. The van der Waals surface area contributed by atoms with Crippen molar-refractivity contribution >= 4 is 51.7 Å². The number of carbonyl (C=O) groups excluding carboxylic acids is 2. The highest BCUT2D eigenvalue weighted by Crippen LogP contribution is 2.32. The second-order valence-electron chi connectivity index (χ2n) is 6.41. The minimum absolute atomic E-state index is 0.0220. The van der Waals surface area contributed by atoms with Gasteiger partial charge < -0.3 is 15.4 Å².